The Balaban J connectivity index is 2.21. The van der Waals surface area contributed by atoms with Crippen molar-refractivity contribution < 1.29 is 9.53 Å². The second kappa shape index (κ2) is 2.85. The molecule has 0 heterocycles. The van der Waals surface area contributed by atoms with Crippen LogP contribution in [0.5, 0.6) is 0 Å². The second-order valence-electron chi connectivity index (χ2n) is 5.20. The maximum atomic E-state index is 10.9. The van der Waals surface area contributed by atoms with Crippen LogP contribution in [0, 0.1) is 17.3 Å². The number of rotatable bonds is 1. The maximum Gasteiger partial charge on any atom is 0.303 e. The van der Waals surface area contributed by atoms with Crippen LogP contribution in [-0.4, -0.2) is 12.1 Å². The molecule has 2 nitrogen and oxygen atoms in total. The molecule has 3 aliphatic carbocycles. The summed E-state index contributed by atoms with van der Waals surface area (Å²) < 4.78 is 5.33. The Kier molecular flexibility index (Phi) is 1.98. The molecule has 3 atom stereocenters. The number of hydrogen-bond donors (Lipinski definition) is 0. The topological polar surface area (TPSA) is 26.3 Å². The summed E-state index contributed by atoms with van der Waals surface area (Å²) in [5.74, 6) is 1.07. The van der Waals surface area contributed by atoms with Gasteiger partial charge in [0.15, 0.2) is 0 Å². The van der Waals surface area contributed by atoms with Crippen molar-refractivity contribution in [1.29, 1.82) is 0 Å². The number of carbonyl (C=O) groups excluding carboxylic acids is 1. The Morgan fingerprint density at radius 1 is 1.57 bits per heavy atom. The van der Waals surface area contributed by atoms with Gasteiger partial charge in [0.2, 0.25) is 0 Å². The first kappa shape index (κ1) is 9.75. The fraction of sp³-hybridized carbons (Fsp3) is 0.750. The summed E-state index contributed by atoms with van der Waals surface area (Å²) in [6.07, 6.45) is 3.34. The van der Waals surface area contributed by atoms with E-state index < -0.39 is 0 Å². The normalized spacial score (nSPS) is 38.3. The first-order chi connectivity index (χ1) is 6.43. The van der Waals surface area contributed by atoms with E-state index in [0.717, 1.165) is 0 Å². The third kappa shape index (κ3) is 1.20. The number of fused-ring (bicyclic) bond motifs is 1. The van der Waals surface area contributed by atoms with Crippen LogP contribution in [0.25, 0.3) is 0 Å². The molecule has 0 spiro atoms. The van der Waals surface area contributed by atoms with Gasteiger partial charge < -0.3 is 4.74 Å². The van der Waals surface area contributed by atoms with Crippen molar-refractivity contribution >= 4 is 5.97 Å². The van der Waals surface area contributed by atoms with Crippen molar-refractivity contribution in [3.63, 3.8) is 0 Å². The van der Waals surface area contributed by atoms with Crippen LogP contribution in [0.2, 0.25) is 0 Å². The average molecular weight is 194 g/mol. The van der Waals surface area contributed by atoms with Crippen molar-refractivity contribution in [1.82, 2.24) is 0 Å². The predicted octanol–water partition coefficient (Wildman–Crippen LogP) is 2.54. The first-order valence-electron chi connectivity index (χ1n) is 5.28. The van der Waals surface area contributed by atoms with Gasteiger partial charge in [-0.25, -0.2) is 0 Å². The summed E-state index contributed by atoms with van der Waals surface area (Å²) in [6, 6.07) is 0. The zero-order valence-electron chi connectivity index (χ0n) is 9.33. The minimum atomic E-state index is -0.166. The molecule has 3 aliphatic rings. The Morgan fingerprint density at radius 3 is 2.64 bits per heavy atom. The molecule has 1 saturated carbocycles. The van der Waals surface area contributed by atoms with Crippen molar-refractivity contribution in [3.8, 4) is 0 Å². The van der Waals surface area contributed by atoms with E-state index in [2.05, 4.69) is 26.8 Å². The van der Waals surface area contributed by atoms with Crippen LogP contribution >= 0.6 is 0 Å². The molecule has 14 heavy (non-hydrogen) atoms. The molecule has 0 N–H and O–H groups in total. The van der Waals surface area contributed by atoms with E-state index in [4.69, 9.17) is 4.74 Å². The smallest absolute Gasteiger partial charge is 0.303 e. The van der Waals surface area contributed by atoms with Gasteiger partial charge in [-0.3, -0.25) is 4.79 Å². The van der Waals surface area contributed by atoms with Gasteiger partial charge in [-0.2, -0.15) is 0 Å². The van der Waals surface area contributed by atoms with Crippen LogP contribution < -0.4 is 0 Å². The van der Waals surface area contributed by atoms with Crippen LogP contribution in [0.4, 0.5) is 0 Å². The molecular formula is C12H18O2. The van der Waals surface area contributed by atoms with Crippen molar-refractivity contribution in [2.75, 3.05) is 0 Å². The van der Waals surface area contributed by atoms with Gasteiger partial charge in [-0.15, -0.1) is 0 Å². The van der Waals surface area contributed by atoms with Gasteiger partial charge in [-0.05, 0) is 30.8 Å². The highest BCUT2D eigenvalue weighted by Crippen LogP contribution is 2.59. The largest absolute Gasteiger partial charge is 0.458 e. The Labute approximate surface area is 85.3 Å². The van der Waals surface area contributed by atoms with E-state index in [1.54, 1.807) is 0 Å². The van der Waals surface area contributed by atoms with Gasteiger partial charge in [0.1, 0.15) is 6.10 Å². The molecule has 0 saturated heterocycles. The zero-order valence-corrected chi connectivity index (χ0v) is 9.33. The minimum Gasteiger partial charge on any atom is -0.458 e. The summed E-state index contributed by atoms with van der Waals surface area (Å²) >= 11 is 0. The van der Waals surface area contributed by atoms with E-state index >= 15 is 0 Å². The quantitative estimate of drug-likeness (QED) is 0.473. The third-order valence-electron chi connectivity index (χ3n) is 4.02. The van der Waals surface area contributed by atoms with Gasteiger partial charge in [0, 0.05) is 12.8 Å². The van der Waals surface area contributed by atoms with E-state index in [9.17, 15) is 4.79 Å². The molecule has 2 bridgehead atoms. The molecular weight excluding hydrogens is 176 g/mol. The summed E-state index contributed by atoms with van der Waals surface area (Å²) in [5, 5.41) is 0. The van der Waals surface area contributed by atoms with Crippen LogP contribution in [0.1, 0.15) is 34.1 Å². The van der Waals surface area contributed by atoms with Crippen LogP contribution in [0.3, 0.4) is 0 Å². The van der Waals surface area contributed by atoms with E-state index in [-0.39, 0.29) is 12.1 Å². The molecule has 3 rings (SSSR count). The fourth-order valence-electron chi connectivity index (χ4n) is 3.09. The minimum absolute atomic E-state index is 0.0208. The lowest BCUT2D eigenvalue weighted by molar-refractivity contribution is -0.158. The first-order valence-corrected chi connectivity index (χ1v) is 5.28. The zero-order chi connectivity index (χ0) is 10.5. The summed E-state index contributed by atoms with van der Waals surface area (Å²) in [7, 11) is 0. The monoisotopic (exact) mass is 194 g/mol. The molecule has 0 aliphatic heterocycles. The second-order valence-corrected chi connectivity index (χ2v) is 5.20. The fourth-order valence-corrected chi connectivity index (χ4v) is 3.09. The predicted molar refractivity (Wildman–Crippen MR) is 54.7 cm³/mol. The van der Waals surface area contributed by atoms with Gasteiger partial charge in [0.05, 0.1) is 0 Å². The van der Waals surface area contributed by atoms with E-state index in [1.807, 2.05) is 0 Å². The SMILES string of the molecule is CC(=O)OC1C=C(C)[C@@H]2C[C@H]1C2(C)C. The molecule has 0 radical (unpaired) electrons. The number of ether oxygens (including phenoxy) is 1. The van der Waals surface area contributed by atoms with E-state index in [1.165, 1.54) is 18.9 Å². The average Bonchev–Trinajstić information content (AvgIpc) is 2.00. The highest BCUT2D eigenvalue weighted by Gasteiger charge is 2.55. The maximum absolute atomic E-state index is 10.9. The molecule has 1 unspecified atom stereocenters. The highest BCUT2D eigenvalue weighted by molar-refractivity contribution is 5.66. The van der Waals surface area contributed by atoms with Gasteiger partial charge in [0.25, 0.3) is 0 Å². The van der Waals surface area contributed by atoms with Crippen LogP contribution in [0.15, 0.2) is 11.6 Å². The van der Waals surface area contributed by atoms with Gasteiger partial charge in [-0.1, -0.05) is 19.4 Å². The number of hydrogen-bond acceptors (Lipinski definition) is 2. The number of allylic oxidation sites excluding steroid dienone is 1. The standard InChI is InChI=1S/C12H18O2/c1-7-5-11(14-8(2)13)10-6-9(7)12(10,3)4/h5,9-11H,6H2,1-4H3/t9-,10+,11?/m0/s1. The lowest BCUT2D eigenvalue weighted by Gasteiger charge is -2.58. The Hall–Kier alpha value is -0.790. The number of carbonyl (C=O) groups is 1. The van der Waals surface area contributed by atoms with Crippen LogP contribution in [-0.2, 0) is 9.53 Å². The molecule has 0 amide bonds. The van der Waals surface area contributed by atoms with Crippen molar-refractivity contribution in [3.05, 3.63) is 11.6 Å². The Bertz CT molecular complexity index is 301. The van der Waals surface area contributed by atoms with Crippen molar-refractivity contribution in [2.45, 2.75) is 40.2 Å². The molecule has 1 fully saturated rings. The summed E-state index contributed by atoms with van der Waals surface area (Å²) in [5.41, 5.74) is 1.71. The lowest BCUT2D eigenvalue weighted by atomic mass is 9.48. The molecule has 78 valence electrons. The summed E-state index contributed by atoms with van der Waals surface area (Å²) in [4.78, 5) is 10.9. The molecule has 0 aromatic carbocycles. The Morgan fingerprint density at radius 2 is 2.21 bits per heavy atom. The van der Waals surface area contributed by atoms with Gasteiger partial charge >= 0.3 is 5.97 Å². The molecule has 0 aromatic heterocycles. The summed E-state index contributed by atoms with van der Waals surface area (Å²) in [6.45, 7) is 8.19. The molecule has 0 aromatic rings. The van der Waals surface area contributed by atoms with Crippen molar-refractivity contribution in [2.24, 2.45) is 17.3 Å². The number of esters is 1. The third-order valence-corrected chi connectivity index (χ3v) is 4.02. The van der Waals surface area contributed by atoms with E-state index in [0.29, 0.717) is 17.3 Å². The molecule has 2 heteroatoms. The highest BCUT2D eigenvalue weighted by atomic mass is 16.5. The lowest BCUT2D eigenvalue weighted by Crippen LogP contribution is -2.54.